The van der Waals surface area contributed by atoms with Gasteiger partial charge in [-0.1, -0.05) is 60.7 Å². The van der Waals surface area contributed by atoms with E-state index in [0.29, 0.717) is 19.4 Å². The minimum Gasteiger partial charge on any atom is -0.480 e. The van der Waals surface area contributed by atoms with Crippen molar-refractivity contribution in [3.8, 4) is 0 Å². The Kier molecular flexibility index (Phi) is 6.13. The van der Waals surface area contributed by atoms with E-state index in [1.54, 1.807) is 0 Å². The summed E-state index contributed by atoms with van der Waals surface area (Å²) in [6, 6.07) is 18.3. The molecule has 0 aliphatic rings. The fraction of sp³-hybridized carbons (Fsp3) is 0.278. The summed E-state index contributed by atoms with van der Waals surface area (Å²) in [6.45, 7) is 0.417. The van der Waals surface area contributed by atoms with Crippen LogP contribution in [0.1, 0.15) is 17.5 Å². The molecule has 2 rings (SSSR count). The van der Waals surface area contributed by atoms with Crippen LogP contribution in [0.5, 0.6) is 0 Å². The van der Waals surface area contributed by atoms with Crippen molar-refractivity contribution >= 4 is 5.97 Å². The van der Waals surface area contributed by atoms with E-state index in [4.69, 9.17) is 0 Å². The van der Waals surface area contributed by atoms with Gasteiger partial charge in [-0.2, -0.15) is 0 Å². The molecule has 22 heavy (non-hydrogen) atoms. The normalized spacial score (nSPS) is 13.5. The first-order valence-electron chi connectivity index (χ1n) is 7.39. The summed E-state index contributed by atoms with van der Waals surface area (Å²) in [5.41, 5.74) is 2.08. The molecule has 0 aliphatic heterocycles. The Morgan fingerprint density at radius 1 is 0.955 bits per heavy atom. The van der Waals surface area contributed by atoms with Crippen molar-refractivity contribution < 1.29 is 15.0 Å². The lowest BCUT2D eigenvalue weighted by Crippen LogP contribution is -2.45. The number of nitrogens with one attached hydrogen (secondary N) is 1. The van der Waals surface area contributed by atoms with E-state index in [1.165, 1.54) is 0 Å². The fourth-order valence-corrected chi connectivity index (χ4v) is 2.34. The van der Waals surface area contributed by atoms with Crippen molar-refractivity contribution in [3.63, 3.8) is 0 Å². The number of aryl methyl sites for hydroxylation is 1. The number of benzene rings is 2. The third kappa shape index (κ3) is 4.98. The van der Waals surface area contributed by atoms with Gasteiger partial charge in [0.05, 0.1) is 6.10 Å². The van der Waals surface area contributed by atoms with E-state index in [-0.39, 0.29) is 0 Å². The Hall–Kier alpha value is -2.17. The largest absolute Gasteiger partial charge is 0.480 e. The molecule has 0 amide bonds. The van der Waals surface area contributed by atoms with Gasteiger partial charge in [-0.15, -0.1) is 0 Å². The number of hydrogen-bond donors (Lipinski definition) is 3. The number of rotatable bonds is 8. The van der Waals surface area contributed by atoms with Crippen molar-refractivity contribution in [2.24, 2.45) is 0 Å². The van der Waals surface area contributed by atoms with Crippen LogP contribution in [-0.4, -0.2) is 28.3 Å². The summed E-state index contributed by atoms with van der Waals surface area (Å²) < 4.78 is 0. The summed E-state index contributed by atoms with van der Waals surface area (Å²) in [4.78, 5) is 11.4. The molecule has 0 bridgehead atoms. The Bertz CT molecular complexity index is 571. The molecular formula is C18H21NO3. The van der Waals surface area contributed by atoms with Gasteiger partial charge in [0, 0.05) is 6.54 Å². The SMILES string of the molecule is O=C(O)[C@@H](NCc1ccccc1)[C@H](O)CCc1ccccc1. The Labute approximate surface area is 130 Å². The van der Waals surface area contributed by atoms with Crippen LogP contribution in [0, 0.1) is 0 Å². The molecule has 116 valence electrons. The van der Waals surface area contributed by atoms with Gasteiger partial charge >= 0.3 is 5.97 Å². The lowest BCUT2D eigenvalue weighted by Gasteiger charge is -2.20. The van der Waals surface area contributed by atoms with Gasteiger partial charge in [0.15, 0.2) is 0 Å². The second-order valence-corrected chi connectivity index (χ2v) is 5.27. The predicted molar refractivity (Wildman–Crippen MR) is 85.5 cm³/mol. The smallest absolute Gasteiger partial charge is 0.323 e. The van der Waals surface area contributed by atoms with E-state index >= 15 is 0 Å². The number of carboxylic acid groups (broad SMARTS) is 1. The maximum absolute atomic E-state index is 11.4. The number of hydrogen-bond acceptors (Lipinski definition) is 3. The van der Waals surface area contributed by atoms with Gasteiger partial charge in [0.2, 0.25) is 0 Å². The fourth-order valence-electron chi connectivity index (χ4n) is 2.34. The van der Waals surface area contributed by atoms with E-state index in [2.05, 4.69) is 5.32 Å². The summed E-state index contributed by atoms with van der Waals surface area (Å²) in [7, 11) is 0. The van der Waals surface area contributed by atoms with Gasteiger partial charge in [-0.3, -0.25) is 10.1 Å². The molecule has 0 heterocycles. The zero-order valence-electron chi connectivity index (χ0n) is 12.4. The molecule has 0 fully saturated rings. The summed E-state index contributed by atoms with van der Waals surface area (Å²) in [6.07, 6.45) is 0.128. The van der Waals surface area contributed by atoms with Crippen molar-refractivity contribution in [2.75, 3.05) is 0 Å². The Morgan fingerprint density at radius 3 is 2.05 bits per heavy atom. The van der Waals surface area contributed by atoms with Gasteiger partial charge < -0.3 is 10.2 Å². The minimum absolute atomic E-state index is 0.406. The van der Waals surface area contributed by atoms with Gasteiger partial charge in [0.1, 0.15) is 6.04 Å². The highest BCUT2D eigenvalue weighted by atomic mass is 16.4. The lowest BCUT2D eigenvalue weighted by molar-refractivity contribution is -0.142. The van der Waals surface area contributed by atoms with Gasteiger partial charge in [0.25, 0.3) is 0 Å². The van der Waals surface area contributed by atoms with Crippen LogP contribution in [0.4, 0.5) is 0 Å². The van der Waals surface area contributed by atoms with Crippen LogP contribution in [0.25, 0.3) is 0 Å². The third-order valence-electron chi connectivity index (χ3n) is 3.59. The van der Waals surface area contributed by atoms with Crippen LogP contribution in [0.3, 0.4) is 0 Å². The van der Waals surface area contributed by atoms with Gasteiger partial charge in [-0.25, -0.2) is 0 Å². The molecule has 0 aromatic heterocycles. The van der Waals surface area contributed by atoms with Crippen molar-refractivity contribution in [1.29, 1.82) is 0 Å². The maximum atomic E-state index is 11.4. The highest BCUT2D eigenvalue weighted by Crippen LogP contribution is 2.09. The quantitative estimate of drug-likeness (QED) is 0.699. The van der Waals surface area contributed by atoms with Crippen LogP contribution >= 0.6 is 0 Å². The molecule has 2 atom stereocenters. The zero-order valence-corrected chi connectivity index (χ0v) is 12.4. The molecule has 0 saturated heterocycles. The van der Waals surface area contributed by atoms with E-state index in [1.807, 2.05) is 60.7 Å². The first-order chi connectivity index (χ1) is 10.7. The molecule has 0 aliphatic carbocycles. The molecule has 3 N–H and O–H groups in total. The molecule has 2 aromatic rings. The summed E-state index contributed by atoms with van der Waals surface area (Å²) in [5, 5.41) is 22.4. The molecule has 4 heteroatoms. The molecule has 0 radical (unpaired) electrons. The molecule has 2 aromatic carbocycles. The number of aliphatic hydroxyl groups is 1. The highest BCUT2D eigenvalue weighted by molar-refractivity contribution is 5.74. The Morgan fingerprint density at radius 2 is 1.50 bits per heavy atom. The predicted octanol–water partition coefficient (Wildman–Crippen LogP) is 2.22. The first-order valence-corrected chi connectivity index (χ1v) is 7.39. The van der Waals surface area contributed by atoms with Crippen LogP contribution in [0.15, 0.2) is 60.7 Å². The van der Waals surface area contributed by atoms with Crippen molar-refractivity contribution in [2.45, 2.75) is 31.5 Å². The number of carbonyl (C=O) groups is 1. The number of aliphatic carboxylic acids is 1. The zero-order chi connectivity index (χ0) is 15.8. The summed E-state index contributed by atoms with van der Waals surface area (Å²) >= 11 is 0. The molecule has 0 spiro atoms. The highest BCUT2D eigenvalue weighted by Gasteiger charge is 2.25. The molecule has 0 saturated carbocycles. The second-order valence-electron chi connectivity index (χ2n) is 5.27. The maximum Gasteiger partial charge on any atom is 0.323 e. The topological polar surface area (TPSA) is 69.6 Å². The third-order valence-corrected chi connectivity index (χ3v) is 3.59. The summed E-state index contributed by atoms with van der Waals surface area (Å²) in [5.74, 6) is -1.03. The molecule has 4 nitrogen and oxygen atoms in total. The van der Waals surface area contributed by atoms with Gasteiger partial charge in [-0.05, 0) is 24.0 Å². The lowest BCUT2D eigenvalue weighted by atomic mass is 10.0. The van der Waals surface area contributed by atoms with Crippen molar-refractivity contribution in [3.05, 3.63) is 71.8 Å². The standard InChI is InChI=1S/C18H21NO3/c20-16(12-11-14-7-3-1-4-8-14)17(18(21)22)19-13-15-9-5-2-6-10-15/h1-10,16-17,19-20H,11-13H2,(H,21,22)/t16-,17+/m1/s1. The second kappa shape index (κ2) is 8.32. The van der Waals surface area contributed by atoms with E-state index < -0.39 is 18.1 Å². The van der Waals surface area contributed by atoms with Crippen molar-refractivity contribution in [1.82, 2.24) is 5.32 Å². The average molecular weight is 299 g/mol. The van der Waals surface area contributed by atoms with Crippen LogP contribution in [-0.2, 0) is 17.8 Å². The first kappa shape index (κ1) is 16.2. The van der Waals surface area contributed by atoms with Crippen LogP contribution in [0.2, 0.25) is 0 Å². The minimum atomic E-state index is -1.03. The molecule has 0 unspecified atom stereocenters. The monoisotopic (exact) mass is 299 g/mol. The van der Waals surface area contributed by atoms with E-state index in [9.17, 15) is 15.0 Å². The number of carboxylic acids is 1. The Balaban J connectivity index is 1.88. The number of aliphatic hydroxyl groups excluding tert-OH is 1. The molecular weight excluding hydrogens is 278 g/mol. The average Bonchev–Trinajstić information content (AvgIpc) is 2.55. The van der Waals surface area contributed by atoms with E-state index in [0.717, 1.165) is 11.1 Å². The van der Waals surface area contributed by atoms with Crippen LogP contribution < -0.4 is 5.32 Å².